The van der Waals surface area contributed by atoms with Crippen LogP contribution in [0.5, 0.6) is 5.75 Å². The minimum Gasteiger partial charge on any atom is -0.484 e. The van der Waals surface area contributed by atoms with Gasteiger partial charge in [-0.05, 0) is 18.2 Å². The van der Waals surface area contributed by atoms with E-state index >= 15 is 0 Å². The number of nitrogens with zero attached hydrogens (tertiary/aromatic N) is 2. The largest absolute Gasteiger partial charge is 0.484 e. The number of carbonyl (C=O) groups is 1. The fourth-order valence-electron chi connectivity index (χ4n) is 1.58. The Morgan fingerprint density at radius 3 is 3.00 bits per heavy atom. The number of nitrogen functional groups attached to an aromatic ring is 1. The molecule has 0 aliphatic carbocycles. The molecular formula is C13H15ClN4O2. The first-order valence-corrected chi connectivity index (χ1v) is 6.35. The summed E-state index contributed by atoms with van der Waals surface area (Å²) in [5, 5.41) is 7.26. The molecule has 0 unspecified atom stereocenters. The molecule has 0 radical (unpaired) electrons. The van der Waals surface area contributed by atoms with Gasteiger partial charge in [0.05, 0.1) is 6.20 Å². The van der Waals surface area contributed by atoms with Gasteiger partial charge in [0.15, 0.2) is 6.61 Å². The number of aromatic nitrogens is 2. The zero-order valence-electron chi connectivity index (χ0n) is 11.0. The Labute approximate surface area is 121 Å². The van der Waals surface area contributed by atoms with Gasteiger partial charge in [0, 0.05) is 24.2 Å². The number of halogens is 1. The summed E-state index contributed by atoms with van der Waals surface area (Å²) in [5.74, 6) is 0.836. The molecule has 1 aromatic heterocycles. The average Bonchev–Trinajstić information content (AvgIpc) is 2.74. The Bertz CT molecular complexity index is 612. The van der Waals surface area contributed by atoms with Gasteiger partial charge in [-0.25, -0.2) is 0 Å². The zero-order valence-corrected chi connectivity index (χ0v) is 11.7. The predicted octanol–water partition coefficient (Wildman–Crippen LogP) is 1.35. The summed E-state index contributed by atoms with van der Waals surface area (Å²) in [5.41, 5.74) is 6.54. The van der Waals surface area contributed by atoms with Crippen molar-refractivity contribution in [1.82, 2.24) is 15.1 Å². The van der Waals surface area contributed by atoms with Crippen molar-refractivity contribution < 1.29 is 9.53 Å². The average molecular weight is 295 g/mol. The van der Waals surface area contributed by atoms with E-state index in [0.29, 0.717) is 23.1 Å². The lowest BCUT2D eigenvalue weighted by Crippen LogP contribution is -2.28. The highest BCUT2D eigenvalue weighted by Gasteiger charge is 2.07. The van der Waals surface area contributed by atoms with E-state index in [1.807, 2.05) is 0 Å². The first kappa shape index (κ1) is 14.2. The third-order valence-electron chi connectivity index (χ3n) is 2.71. The Balaban J connectivity index is 1.80. The smallest absolute Gasteiger partial charge is 0.258 e. The van der Waals surface area contributed by atoms with Crippen LogP contribution in [0.15, 0.2) is 30.5 Å². The number of nitrogens with one attached hydrogen (secondary N) is 1. The monoisotopic (exact) mass is 294 g/mol. The van der Waals surface area contributed by atoms with Gasteiger partial charge < -0.3 is 15.8 Å². The maximum Gasteiger partial charge on any atom is 0.258 e. The Kier molecular flexibility index (Phi) is 4.47. The molecule has 0 saturated carbocycles. The Morgan fingerprint density at radius 2 is 2.35 bits per heavy atom. The highest BCUT2D eigenvalue weighted by Crippen LogP contribution is 2.16. The van der Waals surface area contributed by atoms with Crippen LogP contribution in [0.1, 0.15) is 5.56 Å². The van der Waals surface area contributed by atoms with Crippen molar-refractivity contribution in [2.75, 3.05) is 12.3 Å². The summed E-state index contributed by atoms with van der Waals surface area (Å²) in [4.78, 5) is 11.7. The fourth-order valence-corrected chi connectivity index (χ4v) is 1.76. The topological polar surface area (TPSA) is 82.2 Å². The highest BCUT2D eigenvalue weighted by molar-refractivity contribution is 6.30. The first-order chi connectivity index (χ1) is 9.56. The van der Waals surface area contributed by atoms with Crippen LogP contribution in [-0.2, 0) is 18.4 Å². The van der Waals surface area contributed by atoms with Crippen LogP contribution in [0, 0.1) is 0 Å². The molecule has 0 fully saturated rings. The van der Waals surface area contributed by atoms with Crippen molar-refractivity contribution in [2.45, 2.75) is 6.54 Å². The second-order valence-corrected chi connectivity index (χ2v) is 4.64. The van der Waals surface area contributed by atoms with Gasteiger partial charge in [-0.1, -0.05) is 17.7 Å². The summed E-state index contributed by atoms with van der Waals surface area (Å²) >= 11 is 5.82. The van der Waals surface area contributed by atoms with Crippen LogP contribution in [0.4, 0.5) is 5.82 Å². The van der Waals surface area contributed by atoms with E-state index in [4.69, 9.17) is 22.1 Å². The first-order valence-electron chi connectivity index (χ1n) is 5.97. The number of ether oxygens (including phenoxy) is 1. The van der Waals surface area contributed by atoms with Crippen LogP contribution >= 0.6 is 11.6 Å². The standard InChI is InChI=1S/C13H15ClN4O2/c1-18-13(15)9(7-17-18)6-16-12(19)8-20-11-4-2-3-10(14)5-11/h2-5,7H,6,8,15H2,1H3,(H,16,19). The molecule has 0 spiro atoms. The zero-order chi connectivity index (χ0) is 14.5. The molecule has 0 aliphatic rings. The normalized spacial score (nSPS) is 10.3. The van der Waals surface area contributed by atoms with Gasteiger partial charge in [-0.2, -0.15) is 5.10 Å². The summed E-state index contributed by atoms with van der Waals surface area (Å²) in [7, 11) is 1.74. The van der Waals surface area contributed by atoms with Crippen LogP contribution in [0.2, 0.25) is 5.02 Å². The van der Waals surface area contributed by atoms with E-state index in [2.05, 4.69) is 10.4 Å². The van der Waals surface area contributed by atoms with Crippen molar-refractivity contribution >= 4 is 23.3 Å². The molecule has 2 rings (SSSR count). The van der Waals surface area contributed by atoms with Gasteiger partial charge >= 0.3 is 0 Å². The molecular weight excluding hydrogens is 280 g/mol. The second kappa shape index (κ2) is 6.29. The molecule has 0 aliphatic heterocycles. The van der Waals surface area contributed by atoms with Crippen LogP contribution < -0.4 is 15.8 Å². The summed E-state index contributed by atoms with van der Waals surface area (Å²) in [6.45, 7) is 0.234. The van der Waals surface area contributed by atoms with Crippen molar-refractivity contribution in [3.8, 4) is 5.75 Å². The van der Waals surface area contributed by atoms with Crippen molar-refractivity contribution in [1.29, 1.82) is 0 Å². The van der Waals surface area contributed by atoms with E-state index in [1.54, 1.807) is 42.2 Å². The maximum absolute atomic E-state index is 11.7. The molecule has 7 heteroatoms. The second-order valence-electron chi connectivity index (χ2n) is 4.20. The van der Waals surface area contributed by atoms with Crippen molar-refractivity contribution in [2.24, 2.45) is 7.05 Å². The predicted molar refractivity (Wildman–Crippen MR) is 76.4 cm³/mol. The van der Waals surface area contributed by atoms with Crippen molar-refractivity contribution in [3.63, 3.8) is 0 Å². The van der Waals surface area contributed by atoms with E-state index in [1.165, 1.54) is 0 Å². The number of hydrogen-bond acceptors (Lipinski definition) is 4. The van der Waals surface area contributed by atoms with Gasteiger partial charge in [0.25, 0.3) is 5.91 Å². The number of aryl methyl sites for hydroxylation is 1. The molecule has 20 heavy (non-hydrogen) atoms. The Morgan fingerprint density at radius 1 is 1.55 bits per heavy atom. The lowest BCUT2D eigenvalue weighted by Gasteiger charge is -2.07. The number of anilines is 1. The number of nitrogens with two attached hydrogens (primary N) is 1. The third kappa shape index (κ3) is 3.64. The molecule has 1 amide bonds. The van der Waals surface area contributed by atoms with Crippen LogP contribution in [0.25, 0.3) is 0 Å². The van der Waals surface area contributed by atoms with Crippen LogP contribution in [-0.4, -0.2) is 22.3 Å². The SMILES string of the molecule is Cn1ncc(CNC(=O)COc2cccc(Cl)c2)c1N. The summed E-state index contributed by atoms with van der Waals surface area (Å²) < 4.78 is 6.87. The number of benzene rings is 1. The molecule has 3 N–H and O–H groups in total. The number of rotatable bonds is 5. The van der Waals surface area contributed by atoms with Gasteiger partial charge in [0.1, 0.15) is 11.6 Å². The molecule has 2 aromatic rings. The van der Waals surface area contributed by atoms with Gasteiger partial charge in [-0.3, -0.25) is 9.48 Å². The van der Waals surface area contributed by atoms with E-state index < -0.39 is 0 Å². The minimum absolute atomic E-state index is 0.0828. The molecule has 0 saturated heterocycles. The van der Waals surface area contributed by atoms with Gasteiger partial charge in [-0.15, -0.1) is 0 Å². The molecule has 1 aromatic carbocycles. The lowest BCUT2D eigenvalue weighted by molar-refractivity contribution is -0.123. The van der Waals surface area contributed by atoms with Crippen LogP contribution in [0.3, 0.4) is 0 Å². The van der Waals surface area contributed by atoms with E-state index in [9.17, 15) is 4.79 Å². The molecule has 1 heterocycles. The maximum atomic E-state index is 11.7. The molecule has 0 atom stereocenters. The van der Waals surface area contributed by atoms with Gasteiger partial charge in [0.2, 0.25) is 0 Å². The van der Waals surface area contributed by atoms with E-state index in [-0.39, 0.29) is 12.5 Å². The highest BCUT2D eigenvalue weighted by atomic mass is 35.5. The summed E-state index contributed by atoms with van der Waals surface area (Å²) in [6, 6.07) is 6.87. The lowest BCUT2D eigenvalue weighted by atomic mass is 10.3. The van der Waals surface area contributed by atoms with E-state index in [0.717, 1.165) is 5.56 Å². The minimum atomic E-state index is -0.242. The summed E-state index contributed by atoms with van der Waals surface area (Å²) in [6.07, 6.45) is 1.62. The Hall–Kier alpha value is -2.21. The quantitative estimate of drug-likeness (QED) is 0.872. The molecule has 106 valence electrons. The number of hydrogen-bond donors (Lipinski definition) is 2. The molecule has 6 nitrogen and oxygen atoms in total. The number of amides is 1. The third-order valence-corrected chi connectivity index (χ3v) is 2.94. The fraction of sp³-hybridized carbons (Fsp3) is 0.231. The van der Waals surface area contributed by atoms with Crippen molar-refractivity contribution in [3.05, 3.63) is 41.0 Å². The molecule has 0 bridgehead atoms. The number of carbonyl (C=O) groups excluding carboxylic acids is 1.